The first-order chi connectivity index (χ1) is 42.6. The average Bonchev–Trinajstić information content (AvgIpc) is 3.37. The Hall–Kier alpha value is -3.74. The minimum absolute atomic E-state index is 0.00915. The van der Waals surface area contributed by atoms with Crippen molar-refractivity contribution in [3.05, 3.63) is 0 Å². The van der Waals surface area contributed by atoms with Crippen molar-refractivity contribution in [2.24, 2.45) is 0 Å². The number of hydrogen-bond acceptors (Lipinski definition) is 25. The normalized spacial score (nSPS) is 11.5. The summed E-state index contributed by atoms with van der Waals surface area (Å²) in [6.45, 7) is 12.8. The van der Waals surface area contributed by atoms with Crippen LogP contribution in [0.25, 0.3) is 0 Å². The zero-order chi connectivity index (χ0) is 63.5. The summed E-state index contributed by atoms with van der Waals surface area (Å²) in [5, 5.41) is 14.1. The summed E-state index contributed by atoms with van der Waals surface area (Å²) in [4.78, 5) is 74.7. The molecule has 0 aromatic heterocycles. The largest absolute Gasteiger partial charge is 0.382 e. The van der Waals surface area contributed by atoms with Crippen LogP contribution in [0.3, 0.4) is 0 Å². The van der Waals surface area contributed by atoms with Gasteiger partial charge in [0.1, 0.15) is 11.3 Å². The van der Waals surface area contributed by atoms with Gasteiger partial charge in [0.05, 0.1) is 231 Å². The smallest absolute Gasteiger partial charge is 0.222 e. The third-order valence-electron chi connectivity index (χ3n) is 11.3. The van der Waals surface area contributed by atoms with E-state index in [4.69, 9.17) is 90.0 Å². The fourth-order valence-electron chi connectivity index (χ4n) is 6.77. The summed E-state index contributed by atoms with van der Waals surface area (Å²) in [5.41, 5.74) is -1.34. The molecule has 0 radical (unpaired) electrons. The minimum atomic E-state index is -1.34. The highest BCUT2D eigenvalue weighted by Gasteiger charge is 2.34. The Morgan fingerprint density at radius 3 is 0.736 bits per heavy atom. The van der Waals surface area contributed by atoms with Crippen LogP contribution in [0.1, 0.15) is 51.9 Å². The van der Waals surface area contributed by atoms with Crippen molar-refractivity contribution in [3.63, 3.8) is 0 Å². The number of carbonyl (C=O) groups is 6. The van der Waals surface area contributed by atoms with Gasteiger partial charge in [-0.25, -0.2) is 0 Å². The molecule has 5 N–H and O–H groups in total. The molecule has 0 aromatic carbocycles. The first-order valence-corrected chi connectivity index (χ1v) is 30.1. The lowest BCUT2D eigenvalue weighted by atomic mass is 10.0. The third kappa shape index (κ3) is 63.6. The van der Waals surface area contributed by atoms with Gasteiger partial charge in [-0.1, -0.05) is 0 Å². The van der Waals surface area contributed by atoms with Crippen LogP contribution in [-0.2, 0) is 119 Å². The molecule has 5 amide bonds. The SMILES string of the molecule is COCCOCCOCCOCCNC(=O)CCOCC(COCCC(=O)NCCOCCOCCOCCOC)(COCCC(=O)NCCOCCOCCOCCOC)NC(=O)CCOCCOCCOCCOCCNC(=O)CCCC(C)=O. The zero-order valence-corrected chi connectivity index (χ0v) is 52.7. The standard InChI is InChI=1S/C57H109N5O25/c1-51(63)6-5-7-52(64)58-12-20-73-31-39-84-47-46-80-35-30-72-16-11-56(68)62-57(48-85-17-8-53(65)59-13-21-74-32-36-81-43-40-77-27-24-69-2,49-86-18-9-54(66)60-14-22-75-33-37-82-44-41-78-28-25-70-3)50-87-19-10-55(67)61-15-23-76-34-38-83-45-42-79-29-26-71-4/h5-50H2,1-4H3,(H,58,64)(H,59,65)(H,60,66)(H,61,67)(H,62,68). The molecule has 0 spiro atoms. The molecule has 0 unspecified atom stereocenters. The number of ether oxygens (including phenoxy) is 19. The molecular formula is C57H109N5O25. The molecule has 0 aromatic rings. The highest BCUT2D eigenvalue weighted by molar-refractivity contribution is 5.79. The van der Waals surface area contributed by atoms with Crippen LogP contribution < -0.4 is 26.6 Å². The first kappa shape index (κ1) is 83.3. The molecule has 0 atom stereocenters. The topological polar surface area (TPSA) is 338 Å². The van der Waals surface area contributed by atoms with Crippen LogP contribution >= 0.6 is 0 Å². The number of carbonyl (C=O) groups excluding carboxylic acids is 6. The number of Topliss-reactive ketones (excluding diaryl/α,β-unsaturated/α-hetero) is 1. The van der Waals surface area contributed by atoms with Crippen molar-refractivity contribution in [1.82, 2.24) is 26.6 Å². The van der Waals surface area contributed by atoms with Crippen LogP contribution in [0.5, 0.6) is 0 Å². The maximum absolute atomic E-state index is 13.6. The van der Waals surface area contributed by atoms with Crippen molar-refractivity contribution in [3.8, 4) is 0 Å². The Labute approximate surface area is 515 Å². The lowest BCUT2D eigenvalue weighted by molar-refractivity contribution is -0.131. The van der Waals surface area contributed by atoms with Crippen LogP contribution in [0.4, 0.5) is 0 Å². The number of rotatable bonds is 71. The van der Waals surface area contributed by atoms with Gasteiger partial charge in [0, 0.05) is 86.0 Å². The van der Waals surface area contributed by atoms with E-state index < -0.39 is 11.4 Å². The number of nitrogens with one attached hydrogen (secondary N) is 5. The predicted molar refractivity (Wildman–Crippen MR) is 315 cm³/mol. The average molecular weight is 1260 g/mol. The van der Waals surface area contributed by atoms with Gasteiger partial charge in [-0.05, 0) is 13.3 Å². The van der Waals surface area contributed by atoms with E-state index in [1.807, 2.05) is 0 Å². The zero-order valence-electron chi connectivity index (χ0n) is 52.7. The van der Waals surface area contributed by atoms with Crippen LogP contribution in [0, 0.1) is 0 Å². The Morgan fingerprint density at radius 2 is 0.471 bits per heavy atom. The van der Waals surface area contributed by atoms with E-state index in [-0.39, 0.29) is 154 Å². The summed E-state index contributed by atoms with van der Waals surface area (Å²) in [7, 11) is 4.81. The second-order valence-electron chi connectivity index (χ2n) is 18.9. The summed E-state index contributed by atoms with van der Waals surface area (Å²) in [6, 6.07) is 0. The van der Waals surface area contributed by atoms with Crippen LogP contribution in [-0.4, -0.2) is 320 Å². The summed E-state index contributed by atoms with van der Waals surface area (Å²) in [6.07, 6.45) is 1.12. The van der Waals surface area contributed by atoms with E-state index in [2.05, 4.69) is 26.6 Å². The van der Waals surface area contributed by atoms with Gasteiger partial charge in [-0.3, -0.25) is 24.0 Å². The molecule has 30 nitrogen and oxygen atoms in total. The van der Waals surface area contributed by atoms with Gasteiger partial charge in [0.2, 0.25) is 29.5 Å². The second kappa shape index (κ2) is 66.7. The molecule has 0 saturated heterocycles. The number of methoxy groups -OCH3 is 3. The molecule has 0 aliphatic heterocycles. The van der Waals surface area contributed by atoms with E-state index in [1.165, 1.54) is 6.92 Å². The van der Waals surface area contributed by atoms with Crippen molar-refractivity contribution < 1.29 is 119 Å². The molecule has 0 aliphatic rings. The highest BCUT2D eigenvalue weighted by Crippen LogP contribution is 2.12. The molecule has 0 aliphatic carbocycles. The van der Waals surface area contributed by atoms with E-state index in [1.54, 1.807) is 21.3 Å². The molecule has 30 heteroatoms. The number of hydrogen-bond donors (Lipinski definition) is 5. The van der Waals surface area contributed by atoms with Crippen molar-refractivity contribution >= 4 is 35.3 Å². The van der Waals surface area contributed by atoms with E-state index >= 15 is 0 Å². The maximum Gasteiger partial charge on any atom is 0.222 e. The predicted octanol–water partition coefficient (Wildman–Crippen LogP) is -1.17. The van der Waals surface area contributed by atoms with E-state index in [0.717, 1.165) is 0 Å². The molecule has 0 heterocycles. The summed E-state index contributed by atoms with van der Waals surface area (Å²) < 4.78 is 104. The lowest BCUT2D eigenvalue weighted by Crippen LogP contribution is -2.59. The van der Waals surface area contributed by atoms with Crippen molar-refractivity contribution in [2.45, 2.75) is 57.4 Å². The van der Waals surface area contributed by atoms with Gasteiger partial charge in [-0.2, -0.15) is 0 Å². The molecule has 0 fully saturated rings. The van der Waals surface area contributed by atoms with E-state index in [9.17, 15) is 28.8 Å². The Kier molecular flexibility index (Phi) is 63.8. The maximum atomic E-state index is 13.6. The van der Waals surface area contributed by atoms with Crippen LogP contribution in [0.2, 0.25) is 0 Å². The Bertz CT molecular complexity index is 1480. The number of ketones is 1. The molecule has 87 heavy (non-hydrogen) atoms. The summed E-state index contributed by atoms with van der Waals surface area (Å²) in [5.74, 6) is -1.34. The molecule has 0 saturated carbocycles. The van der Waals surface area contributed by atoms with Gasteiger partial charge >= 0.3 is 0 Å². The molecule has 0 bridgehead atoms. The summed E-state index contributed by atoms with van der Waals surface area (Å²) >= 11 is 0. The van der Waals surface area contributed by atoms with Gasteiger partial charge in [0.25, 0.3) is 0 Å². The third-order valence-corrected chi connectivity index (χ3v) is 11.3. The Morgan fingerprint density at radius 1 is 0.253 bits per heavy atom. The highest BCUT2D eigenvalue weighted by atomic mass is 16.6. The molecule has 0 rings (SSSR count). The fourth-order valence-corrected chi connectivity index (χ4v) is 6.77. The van der Waals surface area contributed by atoms with Crippen molar-refractivity contribution in [1.29, 1.82) is 0 Å². The quantitative estimate of drug-likeness (QED) is 0.0448. The first-order valence-electron chi connectivity index (χ1n) is 30.1. The van der Waals surface area contributed by atoms with Crippen molar-refractivity contribution in [2.75, 3.05) is 279 Å². The van der Waals surface area contributed by atoms with Gasteiger partial charge in [0.15, 0.2) is 0 Å². The van der Waals surface area contributed by atoms with Gasteiger partial charge in [-0.15, -0.1) is 0 Å². The van der Waals surface area contributed by atoms with Gasteiger partial charge < -0.3 is 121 Å². The molecular weight excluding hydrogens is 1150 g/mol. The minimum Gasteiger partial charge on any atom is -0.382 e. The van der Waals surface area contributed by atoms with E-state index in [0.29, 0.717) is 178 Å². The fraction of sp³-hybridized carbons (Fsp3) is 0.895. The second-order valence-corrected chi connectivity index (χ2v) is 18.9. The van der Waals surface area contributed by atoms with Crippen LogP contribution in [0.15, 0.2) is 0 Å². The molecule has 512 valence electrons. The number of amides is 5. The monoisotopic (exact) mass is 1260 g/mol. The Balaban J connectivity index is 5.36. The lowest BCUT2D eigenvalue weighted by Gasteiger charge is -2.34.